The normalized spacial score (nSPS) is 22.3. The highest BCUT2D eigenvalue weighted by atomic mass is 16.5. The third kappa shape index (κ3) is 2.55. The number of hydrogen-bond acceptors (Lipinski definition) is 5. The van der Waals surface area contributed by atoms with Crippen molar-refractivity contribution in [2.45, 2.75) is 24.8 Å². The Labute approximate surface area is 173 Å². The molecule has 0 unspecified atom stereocenters. The second-order valence-corrected chi connectivity index (χ2v) is 7.73. The van der Waals surface area contributed by atoms with Crippen molar-refractivity contribution in [2.75, 3.05) is 19.0 Å². The summed E-state index contributed by atoms with van der Waals surface area (Å²) in [5.41, 5.74) is 2.29. The van der Waals surface area contributed by atoms with Crippen LogP contribution < -0.4 is 10.1 Å². The number of ether oxygens (including phenoxy) is 1. The van der Waals surface area contributed by atoms with Crippen LogP contribution in [0.3, 0.4) is 0 Å². The largest absolute Gasteiger partial charge is 0.497 e. The molecule has 1 fully saturated rings. The quantitative estimate of drug-likeness (QED) is 0.724. The molecule has 2 atom stereocenters. The fraction of sp³-hybridized carbons (Fsp3) is 0.261. The number of anilines is 1. The van der Waals surface area contributed by atoms with Crippen molar-refractivity contribution in [1.82, 2.24) is 10.1 Å². The number of hydrogen-bond donors (Lipinski definition) is 1. The number of nitrogens with zero attached hydrogens (tertiary/aromatic N) is 2. The molecule has 30 heavy (non-hydrogen) atoms. The summed E-state index contributed by atoms with van der Waals surface area (Å²) in [6, 6.07) is 16.3. The van der Waals surface area contributed by atoms with Crippen LogP contribution in [0.25, 0.3) is 0 Å². The number of benzene rings is 2. The molecule has 1 N–H and O–H groups in total. The third-order valence-corrected chi connectivity index (χ3v) is 6.10. The highest BCUT2D eigenvalue weighted by Gasteiger charge is 2.59. The minimum Gasteiger partial charge on any atom is -0.497 e. The number of para-hydroxylation sites is 1. The Kier molecular flexibility index (Phi) is 4.13. The third-order valence-electron chi connectivity index (χ3n) is 6.10. The number of fused-ring (bicyclic) bond motifs is 2. The minimum absolute atomic E-state index is 0.0967. The molecule has 3 aromatic rings. The first-order chi connectivity index (χ1) is 14.5. The van der Waals surface area contributed by atoms with Gasteiger partial charge in [0.15, 0.2) is 0 Å². The van der Waals surface area contributed by atoms with Crippen molar-refractivity contribution >= 4 is 17.5 Å². The Bertz CT molecular complexity index is 1150. The van der Waals surface area contributed by atoms with E-state index in [1.54, 1.807) is 25.0 Å². The number of rotatable bonds is 3. The average molecular weight is 403 g/mol. The predicted molar refractivity (Wildman–Crippen MR) is 109 cm³/mol. The summed E-state index contributed by atoms with van der Waals surface area (Å²) >= 11 is 0. The predicted octanol–water partition coefficient (Wildman–Crippen LogP) is 3.47. The van der Waals surface area contributed by atoms with E-state index in [1.165, 1.54) is 0 Å². The van der Waals surface area contributed by atoms with E-state index in [-0.39, 0.29) is 17.6 Å². The van der Waals surface area contributed by atoms with E-state index in [9.17, 15) is 9.59 Å². The molecule has 1 saturated heterocycles. The van der Waals surface area contributed by atoms with Crippen LogP contribution in [0.4, 0.5) is 5.69 Å². The van der Waals surface area contributed by atoms with Gasteiger partial charge in [0, 0.05) is 18.3 Å². The Morgan fingerprint density at radius 1 is 1.23 bits per heavy atom. The van der Waals surface area contributed by atoms with Crippen molar-refractivity contribution in [3.8, 4) is 5.75 Å². The molecular weight excluding hydrogens is 382 g/mol. The SMILES string of the molecule is COc1cccc([C@@H]2N(C(=O)c3cc(C)no3)CC[C@]23C(=O)Nc2ccccc23)c1. The van der Waals surface area contributed by atoms with Gasteiger partial charge in [0.2, 0.25) is 11.7 Å². The fourth-order valence-electron chi connectivity index (χ4n) is 4.79. The van der Waals surface area contributed by atoms with E-state index >= 15 is 0 Å². The molecule has 0 saturated carbocycles. The number of methoxy groups -OCH3 is 1. The van der Waals surface area contributed by atoms with Crippen LogP contribution in [0, 0.1) is 6.92 Å². The highest BCUT2D eigenvalue weighted by molar-refractivity contribution is 6.08. The number of aryl methyl sites for hydroxylation is 1. The molecule has 0 aliphatic carbocycles. The molecule has 2 aromatic carbocycles. The van der Waals surface area contributed by atoms with E-state index in [0.29, 0.717) is 24.4 Å². The number of aromatic nitrogens is 1. The summed E-state index contributed by atoms with van der Waals surface area (Å²) < 4.78 is 10.7. The van der Waals surface area contributed by atoms with Crippen molar-refractivity contribution in [2.24, 2.45) is 0 Å². The molecule has 152 valence electrons. The molecule has 1 spiro atoms. The monoisotopic (exact) mass is 403 g/mol. The van der Waals surface area contributed by atoms with Gasteiger partial charge in [0.1, 0.15) is 11.2 Å². The van der Waals surface area contributed by atoms with E-state index in [4.69, 9.17) is 9.26 Å². The number of nitrogens with one attached hydrogen (secondary N) is 1. The first-order valence-electron chi connectivity index (χ1n) is 9.84. The maximum absolute atomic E-state index is 13.4. The van der Waals surface area contributed by atoms with Crippen LogP contribution in [-0.4, -0.2) is 35.5 Å². The molecule has 3 heterocycles. The number of carbonyl (C=O) groups excluding carboxylic acids is 2. The standard InChI is InChI=1S/C23H21N3O4/c1-14-12-19(30-25-14)21(27)26-11-10-23(17-8-3-4-9-18(17)24-22(23)28)20(26)15-6-5-7-16(13-15)29-2/h3-9,12-13,20H,10-11H2,1-2H3,(H,24,28)/t20-,23+/m0/s1. The fourth-order valence-corrected chi connectivity index (χ4v) is 4.79. The van der Waals surface area contributed by atoms with Gasteiger partial charge in [0.25, 0.3) is 5.91 Å². The zero-order valence-corrected chi connectivity index (χ0v) is 16.7. The Balaban J connectivity index is 1.68. The van der Waals surface area contributed by atoms with Crippen LogP contribution >= 0.6 is 0 Å². The van der Waals surface area contributed by atoms with Crippen LogP contribution in [-0.2, 0) is 10.2 Å². The molecule has 7 heteroatoms. The van der Waals surface area contributed by atoms with E-state index < -0.39 is 11.5 Å². The van der Waals surface area contributed by atoms with Gasteiger partial charge in [0.05, 0.1) is 18.8 Å². The first-order valence-corrected chi connectivity index (χ1v) is 9.84. The number of amides is 2. The molecule has 5 rings (SSSR count). The van der Waals surface area contributed by atoms with Gasteiger partial charge in [-0.05, 0) is 42.7 Å². The average Bonchev–Trinajstić information content (AvgIpc) is 3.45. The van der Waals surface area contributed by atoms with Crippen molar-refractivity contribution in [3.63, 3.8) is 0 Å². The molecule has 0 bridgehead atoms. The van der Waals surface area contributed by atoms with Crippen molar-refractivity contribution in [1.29, 1.82) is 0 Å². The smallest absolute Gasteiger partial charge is 0.293 e. The van der Waals surface area contributed by atoms with E-state index in [0.717, 1.165) is 16.8 Å². The maximum atomic E-state index is 13.4. The van der Waals surface area contributed by atoms with Gasteiger partial charge < -0.3 is 19.5 Å². The lowest BCUT2D eigenvalue weighted by atomic mass is 9.72. The summed E-state index contributed by atoms with van der Waals surface area (Å²) in [4.78, 5) is 28.5. The van der Waals surface area contributed by atoms with E-state index in [1.807, 2.05) is 48.5 Å². The van der Waals surface area contributed by atoms with E-state index in [2.05, 4.69) is 10.5 Å². The molecule has 2 aliphatic rings. The van der Waals surface area contributed by atoms with Crippen LogP contribution in [0.5, 0.6) is 5.75 Å². The zero-order chi connectivity index (χ0) is 20.9. The van der Waals surface area contributed by atoms with Gasteiger partial charge in [-0.1, -0.05) is 35.5 Å². The van der Waals surface area contributed by atoms with Gasteiger partial charge in [-0.2, -0.15) is 0 Å². The first kappa shape index (κ1) is 18.4. The molecule has 2 aliphatic heterocycles. The number of likely N-dealkylation sites (tertiary alicyclic amines) is 1. The van der Waals surface area contributed by atoms with Gasteiger partial charge in [-0.25, -0.2) is 0 Å². The second-order valence-electron chi connectivity index (χ2n) is 7.73. The maximum Gasteiger partial charge on any atom is 0.293 e. The van der Waals surface area contributed by atoms with Crippen molar-refractivity contribution < 1.29 is 18.8 Å². The lowest BCUT2D eigenvalue weighted by Crippen LogP contribution is -2.42. The lowest BCUT2D eigenvalue weighted by molar-refractivity contribution is -0.121. The van der Waals surface area contributed by atoms with Crippen LogP contribution in [0.2, 0.25) is 0 Å². The second kappa shape index (κ2) is 6.73. The zero-order valence-electron chi connectivity index (χ0n) is 16.7. The minimum atomic E-state index is -0.881. The summed E-state index contributed by atoms with van der Waals surface area (Å²) in [7, 11) is 1.60. The topological polar surface area (TPSA) is 84.7 Å². The van der Waals surface area contributed by atoms with Gasteiger partial charge >= 0.3 is 0 Å². The number of carbonyl (C=O) groups is 2. The Morgan fingerprint density at radius 2 is 2.07 bits per heavy atom. The summed E-state index contributed by atoms with van der Waals surface area (Å²) in [5, 5.41) is 6.87. The summed E-state index contributed by atoms with van der Waals surface area (Å²) in [5.74, 6) is 0.464. The lowest BCUT2D eigenvalue weighted by Gasteiger charge is -2.34. The molecular formula is C23H21N3O4. The van der Waals surface area contributed by atoms with Crippen LogP contribution in [0.15, 0.2) is 59.1 Å². The van der Waals surface area contributed by atoms with Gasteiger partial charge in [-0.15, -0.1) is 0 Å². The Morgan fingerprint density at radius 3 is 2.83 bits per heavy atom. The van der Waals surface area contributed by atoms with Crippen LogP contribution in [0.1, 0.15) is 39.8 Å². The highest BCUT2D eigenvalue weighted by Crippen LogP contribution is 2.55. The summed E-state index contributed by atoms with van der Waals surface area (Å²) in [6.07, 6.45) is 0.510. The Hall–Kier alpha value is -3.61. The molecule has 7 nitrogen and oxygen atoms in total. The summed E-state index contributed by atoms with van der Waals surface area (Å²) in [6.45, 7) is 2.19. The van der Waals surface area contributed by atoms with Crippen molar-refractivity contribution in [3.05, 3.63) is 77.2 Å². The molecule has 0 radical (unpaired) electrons. The van der Waals surface area contributed by atoms with Gasteiger partial charge in [-0.3, -0.25) is 9.59 Å². The molecule has 1 aromatic heterocycles. The molecule has 2 amide bonds.